The Kier molecular flexibility index (Phi) is 5.49. The fraction of sp³-hybridized carbons (Fsp3) is 0.500. The molecule has 1 saturated heterocycles. The number of amides is 4. The first-order chi connectivity index (χ1) is 8.95. The van der Waals surface area contributed by atoms with E-state index in [9.17, 15) is 19.2 Å². The Morgan fingerprint density at radius 1 is 1.42 bits per heavy atom. The summed E-state index contributed by atoms with van der Waals surface area (Å²) in [6.45, 7) is 0. The number of hydrogen-bond acceptors (Lipinski definition) is 6. The minimum Gasteiger partial charge on any atom is -0.480 e. The van der Waals surface area contributed by atoms with E-state index in [0.717, 1.165) is 6.21 Å². The smallest absolute Gasteiger partial charge is 0.328 e. The summed E-state index contributed by atoms with van der Waals surface area (Å²) in [5.74, 6) is -3.44. The zero-order valence-corrected chi connectivity index (χ0v) is 10.9. The quantitative estimate of drug-likeness (QED) is 0.436. The van der Waals surface area contributed by atoms with Crippen molar-refractivity contribution in [3.63, 3.8) is 0 Å². The van der Waals surface area contributed by atoms with Crippen LogP contribution in [0.15, 0.2) is 4.99 Å². The third kappa shape index (κ3) is 4.36. The Bertz CT molecular complexity index is 417. The van der Waals surface area contributed by atoms with Crippen LogP contribution in [0.3, 0.4) is 0 Å². The summed E-state index contributed by atoms with van der Waals surface area (Å²) in [5.41, 5.74) is 0. The van der Waals surface area contributed by atoms with Crippen LogP contribution in [0.4, 0.5) is 4.79 Å². The molecular weight excluding hydrogens is 274 g/mol. The van der Waals surface area contributed by atoms with Crippen LogP contribution in [0.1, 0.15) is 6.42 Å². The number of barbiturate groups is 1. The number of aliphatic imine (C=N–C) groups is 1. The number of carbonyl (C=O) groups is 4. The second-order valence-electron chi connectivity index (χ2n) is 3.72. The molecule has 1 fully saturated rings. The van der Waals surface area contributed by atoms with Crippen molar-refractivity contribution in [3.05, 3.63) is 0 Å². The minimum atomic E-state index is -1.28. The monoisotopic (exact) mass is 287 g/mol. The van der Waals surface area contributed by atoms with E-state index in [2.05, 4.69) is 4.99 Å². The number of carbonyl (C=O) groups excluding carboxylic acids is 3. The molecule has 1 heterocycles. The first-order valence-corrected chi connectivity index (χ1v) is 6.75. The molecule has 8 nitrogen and oxygen atoms in total. The van der Waals surface area contributed by atoms with Crippen molar-refractivity contribution in [3.8, 4) is 0 Å². The number of hydrogen-bond donors (Lipinski definition) is 3. The number of carboxylic acids is 1. The van der Waals surface area contributed by atoms with Crippen molar-refractivity contribution < 1.29 is 24.3 Å². The molecule has 1 aliphatic heterocycles. The minimum absolute atomic E-state index is 0.294. The summed E-state index contributed by atoms with van der Waals surface area (Å²) in [5, 5.41) is 12.7. The number of rotatable bonds is 6. The fourth-order valence-corrected chi connectivity index (χ4v) is 1.81. The molecule has 1 rings (SSSR count). The molecule has 0 aromatic rings. The summed E-state index contributed by atoms with van der Waals surface area (Å²) >= 11 is 1.47. The van der Waals surface area contributed by atoms with Crippen molar-refractivity contribution in [2.45, 2.75) is 12.5 Å². The highest BCUT2D eigenvalue weighted by atomic mass is 32.2. The molecule has 0 spiro atoms. The number of imide groups is 2. The van der Waals surface area contributed by atoms with Crippen LogP contribution in [0.25, 0.3) is 0 Å². The van der Waals surface area contributed by atoms with E-state index < -0.39 is 35.8 Å². The summed E-state index contributed by atoms with van der Waals surface area (Å²) < 4.78 is 0. The molecule has 0 radical (unpaired) electrons. The molecule has 4 amide bonds. The van der Waals surface area contributed by atoms with Gasteiger partial charge in [-0.05, 0) is 18.4 Å². The van der Waals surface area contributed by atoms with Crippen LogP contribution in [-0.4, -0.2) is 53.2 Å². The van der Waals surface area contributed by atoms with Gasteiger partial charge in [-0.1, -0.05) is 0 Å². The SMILES string of the molecule is CSCC[C@@H](N=CC1C(=O)NC(=O)NC1=O)C(=O)O. The normalized spacial score (nSPS) is 18.3. The van der Waals surface area contributed by atoms with Crippen molar-refractivity contribution in [2.75, 3.05) is 12.0 Å². The lowest BCUT2D eigenvalue weighted by Crippen LogP contribution is -2.56. The zero-order chi connectivity index (χ0) is 14.4. The first kappa shape index (κ1) is 15.2. The van der Waals surface area contributed by atoms with Crippen LogP contribution in [-0.2, 0) is 14.4 Å². The van der Waals surface area contributed by atoms with E-state index in [-0.39, 0.29) is 0 Å². The summed E-state index contributed by atoms with van der Waals surface area (Å²) in [6.07, 6.45) is 3.09. The maximum atomic E-state index is 11.4. The molecule has 0 saturated carbocycles. The third-order valence-electron chi connectivity index (χ3n) is 2.33. The third-order valence-corrected chi connectivity index (χ3v) is 2.98. The van der Waals surface area contributed by atoms with E-state index in [0.29, 0.717) is 12.2 Å². The van der Waals surface area contributed by atoms with Gasteiger partial charge in [0.1, 0.15) is 6.04 Å². The van der Waals surface area contributed by atoms with E-state index in [4.69, 9.17) is 5.11 Å². The lowest BCUT2D eigenvalue weighted by Gasteiger charge is -2.17. The van der Waals surface area contributed by atoms with Crippen molar-refractivity contribution >= 4 is 41.8 Å². The number of aliphatic carboxylic acids is 1. The predicted molar refractivity (Wildman–Crippen MR) is 68.1 cm³/mol. The molecule has 3 N–H and O–H groups in total. The topological polar surface area (TPSA) is 125 Å². The fourth-order valence-electron chi connectivity index (χ4n) is 1.35. The van der Waals surface area contributed by atoms with Crippen molar-refractivity contribution in [1.82, 2.24) is 10.6 Å². The van der Waals surface area contributed by atoms with E-state index >= 15 is 0 Å². The standard InChI is InChI=1S/C10H13N3O5S/c1-19-3-2-6(9(16)17)11-4-5-7(14)12-10(18)13-8(5)15/h4-6H,2-3H2,1H3,(H,16,17)(H2,12,13,14,15,18)/t6-/m1/s1. The first-order valence-electron chi connectivity index (χ1n) is 5.36. The van der Waals surface area contributed by atoms with Crippen LogP contribution < -0.4 is 10.6 Å². The molecule has 0 unspecified atom stereocenters. The lowest BCUT2D eigenvalue weighted by atomic mass is 10.1. The van der Waals surface area contributed by atoms with Gasteiger partial charge >= 0.3 is 12.0 Å². The summed E-state index contributed by atoms with van der Waals surface area (Å²) in [4.78, 5) is 48.2. The average molecular weight is 287 g/mol. The van der Waals surface area contributed by atoms with Gasteiger partial charge in [0.15, 0.2) is 5.92 Å². The Balaban J connectivity index is 2.72. The Morgan fingerprint density at radius 3 is 2.47 bits per heavy atom. The Morgan fingerprint density at radius 2 is 2.00 bits per heavy atom. The van der Waals surface area contributed by atoms with Gasteiger partial charge < -0.3 is 5.11 Å². The number of carboxylic acid groups (broad SMARTS) is 1. The second-order valence-corrected chi connectivity index (χ2v) is 4.70. The Labute approximate surface area is 113 Å². The maximum Gasteiger partial charge on any atom is 0.328 e. The highest BCUT2D eigenvalue weighted by Crippen LogP contribution is 2.06. The number of urea groups is 1. The van der Waals surface area contributed by atoms with Crippen LogP contribution in [0.2, 0.25) is 0 Å². The van der Waals surface area contributed by atoms with Gasteiger partial charge in [-0.15, -0.1) is 0 Å². The number of nitrogens with one attached hydrogen (secondary N) is 2. The van der Waals surface area contributed by atoms with Gasteiger partial charge in [0.2, 0.25) is 11.8 Å². The lowest BCUT2D eigenvalue weighted by molar-refractivity contribution is -0.139. The Hall–Kier alpha value is -1.90. The van der Waals surface area contributed by atoms with Crippen LogP contribution in [0, 0.1) is 5.92 Å². The van der Waals surface area contributed by atoms with Gasteiger partial charge in [-0.2, -0.15) is 11.8 Å². The van der Waals surface area contributed by atoms with Crippen molar-refractivity contribution in [2.24, 2.45) is 10.9 Å². The molecular formula is C10H13N3O5S. The van der Waals surface area contributed by atoms with Crippen molar-refractivity contribution in [1.29, 1.82) is 0 Å². The number of nitrogens with zero attached hydrogens (tertiary/aromatic N) is 1. The van der Waals surface area contributed by atoms with E-state index in [1.807, 2.05) is 16.9 Å². The largest absolute Gasteiger partial charge is 0.480 e. The molecule has 19 heavy (non-hydrogen) atoms. The molecule has 104 valence electrons. The molecule has 9 heteroatoms. The average Bonchev–Trinajstić information content (AvgIpc) is 2.31. The van der Waals surface area contributed by atoms with Gasteiger partial charge in [-0.25, -0.2) is 9.59 Å². The van der Waals surface area contributed by atoms with E-state index in [1.165, 1.54) is 11.8 Å². The molecule has 0 aliphatic carbocycles. The maximum absolute atomic E-state index is 11.4. The van der Waals surface area contributed by atoms with Gasteiger partial charge in [0.25, 0.3) is 0 Å². The molecule has 1 atom stereocenters. The van der Waals surface area contributed by atoms with E-state index in [1.54, 1.807) is 0 Å². The highest BCUT2D eigenvalue weighted by Gasteiger charge is 2.33. The molecule has 0 aromatic carbocycles. The summed E-state index contributed by atoms with van der Waals surface area (Å²) in [7, 11) is 0. The second kappa shape index (κ2) is 6.88. The molecule has 1 aliphatic rings. The van der Waals surface area contributed by atoms with Gasteiger partial charge in [-0.3, -0.25) is 25.2 Å². The molecule has 0 aromatic heterocycles. The van der Waals surface area contributed by atoms with Gasteiger partial charge in [0, 0.05) is 6.21 Å². The summed E-state index contributed by atoms with van der Waals surface area (Å²) in [6, 6.07) is -1.90. The number of thioether (sulfide) groups is 1. The molecule has 0 bridgehead atoms. The van der Waals surface area contributed by atoms with Gasteiger partial charge in [0.05, 0.1) is 0 Å². The predicted octanol–water partition coefficient (Wildman–Crippen LogP) is -0.754. The van der Waals surface area contributed by atoms with Crippen LogP contribution in [0.5, 0.6) is 0 Å². The van der Waals surface area contributed by atoms with Crippen LogP contribution >= 0.6 is 11.8 Å². The highest BCUT2D eigenvalue weighted by molar-refractivity contribution is 7.98. The zero-order valence-electron chi connectivity index (χ0n) is 10.1.